The van der Waals surface area contributed by atoms with Gasteiger partial charge in [-0.05, 0) is 36.8 Å². The molecular formula is C17H29ClN2O. The maximum atomic E-state index is 11.8. The predicted molar refractivity (Wildman–Crippen MR) is 91.7 cm³/mol. The normalized spacial score (nSPS) is 13.4. The molecule has 1 aromatic carbocycles. The molecule has 3 nitrogen and oxygen atoms in total. The predicted octanol–water partition coefficient (Wildman–Crippen LogP) is 3.61. The molecule has 0 radical (unpaired) electrons. The summed E-state index contributed by atoms with van der Waals surface area (Å²) in [5.41, 5.74) is 8.13. The van der Waals surface area contributed by atoms with E-state index in [0.29, 0.717) is 5.92 Å². The van der Waals surface area contributed by atoms with Gasteiger partial charge in [0.15, 0.2) is 0 Å². The first-order valence-electron chi connectivity index (χ1n) is 7.60. The Balaban J connectivity index is 0.00000400. The summed E-state index contributed by atoms with van der Waals surface area (Å²) in [7, 11) is 0. The molecule has 0 heterocycles. The van der Waals surface area contributed by atoms with E-state index in [1.165, 1.54) is 18.4 Å². The summed E-state index contributed by atoms with van der Waals surface area (Å²) < 4.78 is 0. The minimum atomic E-state index is -0.472. The van der Waals surface area contributed by atoms with Crippen molar-refractivity contribution in [2.45, 2.75) is 59.0 Å². The first-order valence-corrected chi connectivity index (χ1v) is 7.60. The van der Waals surface area contributed by atoms with Crippen LogP contribution in [0.3, 0.4) is 0 Å². The molecule has 0 aliphatic heterocycles. The molecule has 0 saturated heterocycles. The number of carbonyl (C=O) groups excluding carboxylic acids is 1. The second-order valence-corrected chi connectivity index (χ2v) is 5.86. The third-order valence-corrected chi connectivity index (χ3v) is 3.54. The van der Waals surface area contributed by atoms with E-state index in [0.717, 1.165) is 12.0 Å². The molecule has 1 unspecified atom stereocenters. The van der Waals surface area contributed by atoms with Gasteiger partial charge in [0.2, 0.25) is 5.91 Å². The lowest BCUT2D eigenvalue weighted by Crippen LogP contribution is -2.41. The first kappa shape index (κ1) is 19.9. The molecule has 0 aliphatic rings. The SMILES string of the molecule is CCCCc1ccc(C(NC(=O)[C@H](C)N)C(C)C)cc1.Cl. The van der Waals surface area contributed by atoms with Crippen LogP contribution in [0.1, 0.15) is 57.7 Å². The van der Waals surface area contributed by atoms with Gasteiger partial charge in [0.25, 0.3) is 0 Å². The first-order chi connectivity index (χ1) is 9.45. The molecule has 2 atom stereocenters. The Morgan fingerprint density at radius 1 is 1.19 bits per heavy atom. The Morgan fingerprint density at radius 2 is 1.76 bits per heavy atom. The molecule has 0 aromatic heterocycles. The van der Waals surface area contributed by atoms with Crippen LogP contribution in [-0.4, -0.2) is 11.9 Å². The monoisotopic (exact) mass is 312 g/mol. The van der Waals surface area contributed by atoms with Crippen LogP contribution in [0, 0.1) is 5.92 Å². The summed E-state index contributed by atoms with van der Waals surface area (Å²) in [6, 6.07) is 8.12. The number of benzene rings is 1. The summed E-state index contributed by atoms with van der Waals surface area (Å²) in [5, 5.41) is 3.03. The van der Waals surface area contributed by atoms with Gasteiger partial charge in [0.05, 0.1) is 12.1 Å². The van der Waals surface area contributed by atoms with Crippen LogP contribution in [0.4, 0.5) is 0 Å². The summed E-state index contributed by atoms with van der Waals surface area (Å²) in [5.74, 6) is 0.234. The number of carbonyl (C=O) groups is 1. The number of nitrogens with two attached hydrogens (primary N) is 1. The highest BCUT2D eigenvalue weighted by Crippen LogP contribution is 2.22. The van der Waals surface area contributed by atoms with Crippen LogP contribution in [0.15, 0.2) is 24.3 Å². The molecular weight excluding hydrogens is 284 g/mol. The molecule has 1 aromatic rings. The van der Waals surface area contributed by atoms with E-state index in [1.54, 1.807) is 6.92 Å². The van der Waals surface area contributed by atoms with Crippen molar-refractivity contribution in [3.63, 3.8) is 0 Å². The third kappa shape index (κ3) is 6.49. The maximum Gasteiger partial charge on any atom is 0.237 e. The molecule has 0 bridgehead atoms. The second-order valence-electron chi connectivity index (χ2n) is 5.86. The standard InChI is InChI=1S/C17H28N2O.ClH/c1-5-6-7-14-8-10-15(11-9-14)16(12(2)3)19-17(20)13(4)18;/h8-13,16H,5-7,18H2,1-4H3,(H,19,20);1H/t13-,16?;/m0./s1. The zero-order valence-corrected chi connectivity index (χ0v) is 14.4. The van der Waals surface area contributed by atoms with E-state index < -0.39 is 6.04 Å². The van der Waals surface area contributed by atoms with E-state index in [9.17, 15) is 4.79 Å². The number of unbranched alkanes of at least 4 members (excludes halogenated alkanes) is 1. The van der Waals surface area contributed by atoms with Crippen LogP contribution in [-0.2, 0) is 11.2 Å². The van der Waals surface area contributed by atoms with Crippen LogP contribution >= 0.6 is 12.4 Å². The zero-order chi connectivity index (χ0) is 15.1. The average molecular weight is 313 g/mol. The molecule has 0 aliphatic carbocycles. The Bertz CT molecular complexity index is 415. The van der Waals surface area contributed by atoms with Crippen LogP contribution in [0.25, 0.3) is 0 Å². The van der Waals surface area contributed by atoms with Gasteiger partial charge in [-0.1, -0.05) is 51.5 Å². The van der Waals surface area contributed by atoms with Crippen molar-refractivity contribution in [1.82, 2.24) is 5.32 Å². The Morgan fingerprint density at radius 3 is 2.19 bits per heavy atom. The molecule has 1 amide bonds. The number of rotatable bonds is 7. The van der Waals surface area contributed by atoms with E-state index in [1.807, 2.05) is 0 Å². The van der Waals surface area contributed by atoms with Gasteiger partial charge >= 0.3 is 0 Å². The number of hydrogen-bond donors (Lipinski definition) is 2. The molecule has 120 valence electrons. The molecule has 21 heavy (non-hydrogen) atoms. The van der Waals surface area contributed by atoms with Crippen LogP contribution < -0.4 is 11.1 Å². The fourth-order valence-corrected chi connectivity index (χ4v) is 2.19. The summed E-state index contributed by atoms with van der Waals surface area (Å²) in [6.07, 6.45) is 3.55. The Kier molecular flexibility index (Phi) is 9.31. The number of aryl methyl sites for hydroxylation is 1. The summed E-state index contributed by atoms with van der Waals surface area (Å²) >= 11 is 0. The highest BCUT2D eigenvalue weighted by Gasteiger charge is 2.19. The van der Waals surface area contributed by atoms with Gasteiger partial charge in [-0.2, -0.15) is 0 Å². The minimum Gasteiger partial charge on any atom is -0.348 e. The number of hydrogen-bond acceptors (Lipinski definition) is 2. The van der Waals surface area contributed by atoms with Crippen LogP contribution in [0.2, 0.25) is 0 Å². The van der Waals surface area contributed by atoms with Crippen molar-refractivity contribution in [2.75, 3.05) is 0 Å². The van der Waals surface area contributed by atoms with Crippen molar-refractivity contribution >= 4 is 18.3 Å². The Hall–Kier alpha value is -1.06. The fraction of sp³-hybridized carbons (Fsp3) is 0.588. The van der Waals surface area contributed by atoms with Gasteiger partial charge in [0, 0.05) is 0 Å². The number of amides is 1. The largest absolute Gasteiger partial charge is 0.348 e. The maximum absolute atomic E-state index is 11.8. The van der Waals surface area contributed by atoms with Gasteiger partial charge in [-0.3, -0.25) is 4.79 Å². The lowest BCUT2D eigenvalue weighted by Gasteiger charge is -2.24. The van der Waals surface area contributed by atoms with Gasteiger partial charge in [0.1, 0.15) is 0 Å². The molecule has 0 saturated carbocycles. The smallest absolute Gasteiger partial charge is 0.237 e. The van der Waals surface area contributed by atoms with E-state index in [2.05, 4.69) is 50.4 Å². The molecule has 1 rings (SSSR count). The Labute approximate surface area is 135 Å². The molecule has 0 spiro atoms. The molecule has 4 heteroatoms. The molecule has 3 N–H and O–H groups in total. The quantitative estimate of drug-likeness (QED) is 0.808. The molecule has 0 fully saturated rings. The highest BCUT2D eigenvalue weighted by molar-refractivity contribution is 5.85. The van der Waals surface area contributed by atoms with Crippen molar-refractivity contribution in [2.24, 2.45) is 11.7 Å². The topological polar surface area (TPSA) is 55.1 Å². The second kappa shape index (κ2) is 9.80. The zero-order valence-electron chi connectivity index (χ0n) is 13.6. The third-order valence-electron chi connectivity index (χ3n) is 3.54. The van der Waals surface area contributed by atoms with Gasteiger partial charge in [-0.25, -0.2) is 0 Å². The fourth-order valence-electron chi connectivity index (χ4n) is 2.19. The van der Waals surface area contributed by atoms with Crippen molar-refractivity contribution in [3.8, 4) is 0 Å². The number of nitrogens with one attached hydrogen (secondary N) is 1. The van der Waals surface area contributed by atoms with Gasteiger partial charge in [-0.15, -0.1) is 12.4 Å². The van der Waals surface area contributed by atoms with Crippen LogP contribution in [0.5, 0.6) is 0 Å². The van der Waals surface area contributed by atoms with E-state index >= 15 is 0 Å². The minimum absolute atomic E-state index is 0. The van der Waals surface area contributed by atoms with E-state index in [-0.39, 0.29) is 24.4 Å². The lowest BCUT2D eigenvalue weighted by atomic mass is 9.94. The van der Waals surface area contributed by atoms with E-state index in [4.69, 9.17) is 5.73 Å². The highest BCUT2D eigenvalue weighted by atomic mass is 35.5. The van der Waals surface area contributed by atoms with Crippen molar-refractivity contribution in [1.29, 1.82) is 0 Å². The summed E-state index contributed by atoms with van der Waals surface area (Å²) in [4.78, 5) is 11.8. The lowest BCUT2D eigenvalue weighted by molar-refractivity contribution is -0.123. The average Bonchev–Trinajstić information content (AvgIpc) is 2.42. The number of halogens is 1. The van der Waals surface area contributed by atoms with Crippen molar-refractivity contribution in [3.05, 3.63) is 35.4 Å². The van der Waals surface area contributed by atoms with Crippen molar-refractivity contribution < 1.29 is 4.79 Å². The summed E-state index contributed by atoms with van der Waals surface area (Å²) in [6.45, 7) is 8.13. The van der Waals surface area contributed by atoms with Gasteiger partial charge < -0.3 is 11.1 Å².